The van der Waals surface area contributed by atoms with Crippen LogP contribution >= 0.6 is 11.6 Å². The van der Waals surface area contributed by atoms with Crippen molar-refractivity contribution in [3.05, 3.63) is 130 Å². The van der Waals surface area contributed by atoms with E-state index in [9.17, 15) is 30.7 Å². The molecular formula is C47H52ClN2O8S2+. The van der Waals surface area contributed by atoms with E-state index < -0.39 is 37.0 Å². The lowest BCUT2D eigenvalue weighted by atomic mass is 9.78. The van der Waals surface area contributed by atoms with Gasteiger partial charge < -0.3 is 9.64 Å². The number of rotatable bonds is 13. The quantitative estimate of drug-likeness (QED) is 0.0764. The fourth-order valence-corrected chi connectivity index (χ4v) is 10.7. The highest BCUT2D eigenvalue weighted by molar-refractivity contribution is 7.86. The van der Waals surface area contributed by atoms with Crippen LogP contribution in [0.3, 0.4) is 0 Å². The maximum Gasteiger partial charge on any atom is 0.309 e. The number of carbonyl (C=O) groups excluding carboxylic acids is 1. The van der Waals surface area contributed by atoms with Gasteiger partial charge in [0.2, 0.25) is 5.69 Å². The Hall–Kier alpha value is -4.59. The number of nitrogens with zero attached hydrogens (tertiary/aromatic N) is 2. The number of anilines is 1. The van der Waals surface area contributed by atoms with E-state index in [1.807, 2.05) is 48.6 Å². The summed E-state index contributed by atoms with van der Waals surface area (Å²) in [6.45, 7) is 11.3. The third-order valence-electron chi connectivity index (χ3n) is 12.1. The number of benzene rings is 4. The molecule has 60 heavy (non-hydrogen) atoms. The van der Waals surface area contributed by atoms with Gasteiger partial charge >= 0.3 is 5.97 Å². The van der Waals surface area contributed by atoms with Crippen LogP contribution in [-0.4, -0.2) is 73.4 Å². The zero-order valence-electron chi connectivity index (χ0n) is 34.6. The number of halogens is 1. The largest absolute Gasteiger partial charge is 0.466 e. The van der Waals surface area contributed by atoms with Crippen molar-refractivity contribution in [1.82, 2.24) is 0 Å². The van der Waals surface area contributed by atoms with Crippen LogP contribution in [0.4, 0.5) is 11.4 Å². The molecule has 316 valence electrons. The minimum absolute atomic E-state index is 0.206. The van der Waals surface area contributed by atoms with Crippen LogP contribution in [0.15, 0.2) is 119 Å². The van der Waals surface area contributed by atoms with Crippen LogP contribution in [0.2, 0.25) is 0 Å². The first-order chi connectivity index (χ1) is 28.3. The molecular weight excluding hydrogens is 820 g/mol. The highest BCUT2D eigenvalue weighted by Gasteiger charge is 2.46. The molecule has 0 radical (unpaired) electrons. The molecule has 13 heteroatoms. The molecule has 0 bridgehead atoms. The van der Waals surface area contributed by atoms with Crippen LogP contribution in [0, 0.1) is 5.92 Å². The van der Waals surface area contributed by atoms with Gasteiger partial charge in [-0.2, -0.15) is 21.4 Å². The first-order valence-electron chi connectivity index (χ1n) is 20.3. The summed E-state index contributed by atoms with van der Waals surface area (Å²) in [5.74, 6) is -1.57. The molecule has 7 rings (SSSR count). The number of hydrogen-bond donors (Lipinski definition) is 2. The second kappa shape index (κ2) is 16.7. The number of hydrogen-bond acceptors (Lipinski definition) is 7. The number of allylic oxidation sites excluding steroid dienone is 8. The van der Waals surface area contributed by atoms with E-state index in [1.165, 1.54) is 0 Å². The van der Waals surface area contributed by atoms with E-state index in [-0.39, 0.29) is 36.9 Å². The summed E-state index contributed by atoms with van der Waals surface area (Å²) in [5.41, 5.74) is 6.46. The Morgan fingerprint density at radius 1 is 0.817 bits per heavy atom. The summed E-state index contributed by atoms with van der Waals surface area (Å²) in [7, 11) is -8.33. The Morgan fingerprint density at radius 2 is 1.43 bits per heavy atom. The molecule has 3 aliphatic rings. The smallest absolute Gasteiger partial charge is 0.309 e. The third kappa shape index (κ3) is 8.63. The maximum absolute atomic E-state index is 13.5. The van der Waals surface area contributed by atoms with Gasteiger partial charge in [0.15, 0.2) is 5.71 Å². The molecule has 4 aromatic rings. The minimum atomic E-state index is -4.17. The Morgan fingerprint density at radius 3 is 2.08 bits per heavy atom. The van der Waals surface area contributed by atoms with E-state index in [1.54, 1.807) is 6.92 Å². The lowest BCUT2D eigenvalue weighted by Gasteiger charge is -2.28. The second-order valence-electron chi connectivity index (χ2n) is 16.9. The monoisotopic (exact) mass is 871 g/mol. The van der Waals surface area contributed by atoms with Gasteiger partial charge in [-0.05, 0) is 96.5 Å². The maximum atomic E-state index is 13.5. The molecule has 1 unspecified atom stereocenters. The summed E-state index contributed by atoms with van der Waals surface area (Å²) in [5, 5.41) is 4.87. The van der Waals surface area contributed by atoms with Crippen LogP contribution in [-0.2, 0) is 40.6 Å². The van der Waals surface area contributed by atoms with E-state index >= 15 is 0 Å². The summed E-state index contributed by atoms with van der Waals surface area (Å²) in [6, 6.07) is 24.6. The van der Waals surface area contributed by atoms with Crippen LogP contribution < -0.4 is 4.90 Å². The topological polar surface area (TPSA) is 141 Å². The van der Waals surface area contributed by atoms with Gasteiger partial charge in [-0.15, -0.1) is 0 Å². The normalized spacial score (nSPS) is 20.3. The second-order valence-corrected chi connectivity index (χ2v) is 20.4. The molecule has 0 amide bonds. The number of esters is 1. The van der Waals surface area contributed by atoms with Gasteiger partial charge in [-0.3, -0.25) is 13.9 Å². The molecule has 2 N–H and O–H groups in total. The van der Waals surface area contributed by atoms with Crippen LogP contribution in [0.1, 0.15) is 71.4 Å². The Balaban J connectivity index is 1.32. The molecule has 2 heterocycles. The Bertz CT molecular complexity index is 2780. The minimum Gasteiger partial charge on any atom is -0.466 e. The van der Waals surface area contributed by atoms with Gasteiger partial charge in [0, 0.05) is 52.5 Å². The van der Waals surface area contributed by atoms with Gasteiger partial charge in [-0.1, -0.05) is 92.2 Å². The molecule has 0 aromatic heterocycles. The molecule has 10 nitrogen and oxygen atoms in total. The van der Waals surface area contributed by atoms with Crippen molar-refractivity contribution in [1.29, 1.82) is 0 Å². The van der Waals surface area contributed by atoms with Crippen molar-refractivity contribution in [3.63, 3.8) is 0 Å². The number of carbonyl (C=O) groups is 1. The first-order valence-corrected chi connectivity index (χ1v) is 23.9. The molecule has 0 spiro atoms. The van der Waals surface area contributed by atoms with E-state index in [0.717, 1.165) is 66.6 Å². The van der Waals surface area contributed by atoms with Crippen LogP contribution in [0.5, 0.6) is 0 Å². The molecule has 1 atom stereocenters. The average molecular weight is 873 g/mol. The fraction of sp³-hybridized carbons (Fsp3) is 0.362. The summed E-state index contributed by atoms with van der Waals surface area (Å²) < 4.78 is 73.9. The molecule has 4 aromatic carbocycles. The summed E-state index contributed by atoms with van der Waals surface area (Å²) in [4.78, 5) is 15.6. The lowest BCUT2D eigenvalue weighted by molar-refractivity contribution is -0.437. The summed E-state index contributed by atoms with van der Waals surface area (Å²) >= 11 is 7.34. The predicted molar refractivity (Wildman–Crippen MR) is 241 cm³/mol. The molecule has 0 fully saturated rings. The molecule has 2 aliphatic heterocycles. The fourth-order valence-electron chi connectivity index (χ4n) is 9.42. The number of ether oxygens (including phenoxy) is 1. The first kappa shape index (κ1) is 43.5. The standard InChI is InChI=1S/C47H51ClN2O8S2/c1-6-58-45(51)35-29-33(19-23-40-46(2,3)42-36-15-9-7-13-31(36)17-21-38(42)49(40)25-11-27-59(52,53)54)44(48)34(30-35)20-24-41-47(4,5)43-37-16-10-8-14-32(37)18-22-39(43)50(41)26-12-28-60(55,56)57/h7-10,13-24,35H,6,11-12,25-30H2,1-5H3,(H-,52,53,54,55,56,57)/p+1. The van der Waals surface area contributed by atoms with Gasteiger partial charge in [0.1, 0.15) is 6.54 Å². The van der Waals surface area contributed by atoms with Crippen molar-refractivity contribution in [3.8, 4) is 0 Å². The van der Waals surface area contributed by atoms with Gasteiger partial charge in [0.05, 0.1) is 29.4 Å². The zero-order chi connectivity index (χ0) is 43.2. The molecule has 1 aliphatic carbocycles. The van der Waals surface area contributed by atoms with Crippen molar-refractivity contribution >= 4 is 76.4 Å². The Labute approximate surface area is 358 Å². The lowest BCUT2D eigenvalue weighted by Crippen LogP contribution is -2.28. The van der Waals surface area contributed by atoms with Gasteiger partial charge in [0.25, 0.3) is 20.2 Å². The van der Waals surface area contributed by atoms with E-state index in [0.29, 0.717) is 31.0 Å². The van der Waals surface area contributed by atoms with Gasteiger partial charge in [-0.25, -0.2) is 0 Å². The SMILES string of the molecule is CCOC(=O)C1CC(/C=C/C2=[N+](CCCS(=O)(=O)O)c3ccc4ccccc4c3C2(C)C)=C(Cl)C(=C/C=C2/N(CCCS(=O)(=O)O)c3ccc4ccccc4c3C2(C)C)/C1. The van der Waals surface area contributed by atoms with E-state index in [2.05, 4.69) is 85.7 Å². The highest BCUT2D eigenvalue weighted by Crippen LogP contribution is 2.51. The van der Waals surface area contributed by atoms with Crippen molar-refractivity contribution in [2.75, 3.05) is 36.1 Å². The third-order valence-corrected chi connectivity index (χ3v) is 14.2. The zero-order valence-corrected chi connectivity index (χ0v) is 37.0. The molecule has 0 saturated carbocycles. The van der Waals surface area contributed by atoms with Crippen molar-refractivity contribution in [2.24, 2.45) is 5.92 Å². The molecule has 0 saturated heterocycles. The predicted octanol–water partition coefficient (Wildman–Crippen LogP) is 9.56. The van der Waals surface area contributed by atoms with E-state index in [4.69, 9.17) is 16.3 Å². The van der Waals surface area contributed by atoms with Crippen LogP contribution in [0.25, 0.3) is 21.5 Å². The van der Waals surface area contributed by atoms with Crippen molar-refractivity contribution in [2.45, 2.75) is 71.1 Å². The van der Waals surface area contributed by atoms with Crippen molar-refractivity contribution < 1.29 is 40.0 Å². The summed E-state index contributed by atoms with van der Waals surface area (Å²) in [6.07, 6.45) is 9.05. The average Bonchev–Trinajstić information content (AvgIpc) is 3.54. The Kier molecular flexibility index (Phi) is 12.1. The highest BCUT2D eigenvalue weighted by atomic mass is 35.5. The number of fused-ring (bicyclic) bond motifs is 6.